The number of carbonyl (C=O) groups is 1. The molecule has 10 heteroatoms. The van der Waals surface area contributed by atoms with Crippen LogP contribution in [-0.4, -0.2) is 25.7 Å². The van der Waals surface area contributed by atoms with Gasteiger partial charge in [-0.2, -0.15) is 17.7 Å². The fourth-order valence-electron chi connectivity index (χ4n) is 1.86. The summed E-state index contributed by atoms with van der Waals surface area (Å²) >= 11 is 0. The molecule has 3 aromatic rings. The van der Waals surface area contributed by atoms with Crippen molar-refractivity contribution in [3.8, 4) is 0 Å². The molecule has 0 saturated carbocycles. The van der Waals surface area contributed by atoms with Crippen LogP contribution in [0.25, 0.3) is 5.65 Å². The van der Waals surface area contributed by atoms with Crippen LogP contribution in [0.15, 0.2) is 36.4 Å². The average molecular weight is 325 g/mol. The first-order chi connectivity index (χ1) is 10.9. The summed E-state index contributed by atoms with van der Waals surface area (Å²) in [6, 6.07) is 7.63. The highest BCUT2D eigenvalue weighted by Gasteiger charge is 2.37. The molecule has 6 nitrogen and oxygen atoms in total. The van der Waals surface area contributed by atoms with Gasteiger partial charge < -0.3 is 5.32 Å². The highest BCUT2D eigenvalue weighted by Crippen LogP contribution is 2.27. The molecule has 1 aromatic carbocycles. The highest BCUT2D eigenvalue weighted by molar-refractivity contribution is 6.03. The maximum Gasteiger partial charge on any atom is 0.453 e. The average Bonchev–Trinajstić information content (AvgIpc) is 2.90. The number of nitrogens with one attached hydrogen (secondary N) is 1. The van der Waals surface area contributed by atoms with Crippen molar-refractivity contribution < 1.29 is 22.4 Å². The minimum Gasteiger partial charge on any atom is -0.305 e. The molecule has 2 aromatic heterocycles. The van der Waals surface area contributed by atoms with Gasteiger partial charge in [0.05, 0.1) is 5.56 Å². The lowest BCUT2D eigenvalue weighted by molar-refractivity contribution is -0.146. The number of fused-ring (bicyclic) bond motifs is 1. The minimum absolute atomic E-state index is 0.138. The molecule has 0 radical (unpaired) electrons. The Balaban J connectivity index is 1.95. The summed E-state index contributed by atoms with van der Waals surface area (Å²) in [7, 11) is 0. The quantitative estimate of drug-likeness (QED) is 0.735. The van der Waals surface area contributed by atoms with Gasteiger partial charge in [-0.3, -0.25) is 4.79 Å². The van der Waals surface area contributed by atoms with Crippen molar-refractivity contribution in [3.05, 3.63) is 53.6 Å². The van der Waals surface area contributed by atoms with Gasteiger partial charge in [0, 0.05) is 0 Å². The molecule has 0 aliphatic heterocycles. The molecular formula is C13H7F4N5O. The van der Waals surface area contributed by atoms with Crippen molar-refractivity contribution in [2.45, 2.75) is 6.18 Å². The topological polar surface area (TPSA) is 72.2 Å². The van der Waals surface area contributed by atoms with Crippen molar-refractivity contribution in [2.75, 3.05) is 5.32 Å². The van der Waals surface area contributed by atoms with Gasteiger partial charge in [-0.15, -0.1) is 15.3 Å². The van der Waals surface area contributed by atoms with Crippen molar-refractivity contribution in [1.29, 1.82) is 0 Å². The number of aromatic nitrogens is 4. The fourth-order valence-corrected chi connectivity index (χ4v) is 1.86. The van der Waals surface area contributed by atoms with Gasteiger partial charge in [0.1, 0.15) is 5.82 Å². The molecule has 0 atom stereocenters. The van der Waals surface area contributed by atoms with E-state index < -0.39 is 23.7 Å². The van der Waals surface area contributed by atoms with E-state index in [1.54, 1.807) is 0 Å². The Labute approximate surface area is 125 Å². The molecule has 0 spiro atoms. The van der Waals surface area contributed by atoms with Gasteiger partial charge >= 0.3 is 6.18 Å². The van der Waals surface area contributed by atoms with Crippen LogP contribution in [0.2, 0.25) is 0 Å². The summed E-state index contributed by atoms with van der Waals surface area (Å²) in [5.74, 6) is -3.12. The molecule has 0 unspecified atom stereocenters. The molecule has 0 bridgehead atoms. The van der Waals surface area contributed by atoms with Gasteiger partial charge in [-0.05, 0) is 24.3 Å². The second-order valence-electron chi connectivity index (χ2n) is 4.44. The second-order valence-corrected chi connectivity index (χ2v) is 4.44. The molecule has 1 amide bonds. The van der Waals surface area contributed by atoms with Gasteiger partial charge in [0.15, 0.2) is 11.5 Å². The molecule has 0 aliphatic rings. The number of carbonyl (C=O) groups excluding carboxylic acids is 1. The van der Waals surface area contributed by atoms with Gasteiger partial charge in [0.2, 0.25) is 0 Å². The maximum atomic E-state index is 13.5. The first-order valence-electron chi connectivity index (χ1n) is 6.22. The standard InChI is InChI=1S/C13H7F4N5O/c14-8-4-2-1-3-7(8)11(23)18-9-5-6-10-19-20-12(13(15,16)17)22(10)21-9/h1-6H,(H,18,21,23). The molecule has 1 N–H and O–H groups in total. The van der Waals surface area contributed by atoms with Crippen LogP contribution in [0.3, 0.4) is 0 Å². The number of nitrogens with zero attached hydrogens (tertiary/aromatic N) is 4. The van der Waals surface area contributed by atoms with E-state index in [1.807, 2.05) is 0 Å². The van der Waals surface area contributed by atoms with Crippen molar-refractivity contribution in [3.63, 3.8) is 0 Å². The third kappa shape index (κ3) is 2.82. The number of hydrogen-bond donors (Lipinski definition) is 1. The van der Waals surface area contributed by atoms with Crippen LogP contribution in [0.4, 0.5) is 23.4 Å². The van der Waals surface area contributed by atoms with E-state index in [2.05, 4.69) is 20.6 Å². The molecule has 3 rings (SSSR count). The predicted octanol–water partition coefficient (Wildman–Crippen LogP) is 2.53. The highest BCUT2D eigenvalue weighted by atomic mass is 19.4. The number of hydrogen-bond acceptors (Lipinski definition) is 4. The van der Waals surface area contributed by atoms with Gasteiger partial charge in [-0.25, -0.2) is 4.39 Å². The minimum atomic E-state index is -4.75. The fraction of sp³-hybridized carbons (Fsp3) is 0.0769. The summed E-state index contributed by atoms with van der Waals surface area (Å²) in [6.07, 6.45) is -4.75. The van der Waals surface area contributed by atoms with Crippen molar-refractivity contribution in [2.24, 2.45) is 0 Å². The zero-order valence-electron chi connectivity index (χ0n) is 11.2. The number of halogens is 4. The zero-order valence-corrected chi connectivity index (χ0v) is 11.2. The SMILES string of the molecule is O=C(Nc1ccc2nnc(C(F)(F)F)n2n1)c1ccccc1F. The smallest absolute Gasteiger partial charge is 0.305 e. The summed E-state index contributed by atoms with van der Waals surface area (Å²) in [5.41, 5.74) is -0.393. The Morgan fingerprint density at radius 2 is 1.83 bits per heavy atom. The summed E-state index contributed by atoms with van der Waals surface area (Å²) in [5, 5.41) is 12.2. The molecule has 2 heterocycles. The number of rotatable bonds is 2. The summed E-state index contributed by atoms with van der Waals surface area (Å²) in [4.78, 5) is 11.9. The lowest BCUT2D eigenvalue weighted by Gasteiger charge is -2.07. The Kier molecular flexibility index (Phi) is 3.43. The monoisotopic (exact) mass is 325 g/mol. The van der Waals surface area contributed by atoms with Gasteiger partial charge in [-0.1, -0.05) is 12.1 Å². The lowest BCUT2D eigenvalue weighted by atomic mass is 10.2. The molecule has 0 saturated heterocycles. The Morgan fingerprint density at radius 1 is 1.09 bits per heavy atom. The van der Waals surface area contributed by atoms with Gasteiger partial charge in [0.25, 0.3) is 11.7 Å². The van der Waals surface area contributed by atoms with E-state index in [1.165, 1.54) is 30.3 Å². The molecule has 0 aliphatic carbocycles. The Bertz CT molecular complexity index is 889. The Morgan fingerprint density at radius 3 is 2.52 bits per heavy atom. The first-order valence-corrected chi connectivity index (χ1v) is 6.22. The van der Waals surface area contributed by atoms with E-state index in [4.69, 9.17) is 0 Å². The summed E-state index contributed by atoms with van der Waals surface area (Å²) < 4.78 is 52.3. The largest absolute Gasteiger partial charge is 0.453 e. The lowest BCUT2D eigenvalue weighted by Crippen LogP contribution is -2.17. The maximum absolute atomic E-state index is 13.5. The van der Waals surface area contributed by atoms with E-state index >= 15 is 0 Å². The molecule has 118 valence electrons. The van der Waals surface area contributed by atoms with Crippen molar-refractivity contribution in [1.82, 2.24) is 19.8 Å². The van der Waals surface area contributed by atoms with Crippen LogP contribution in [-0.2, 0) is 6.18 Å². The third-order valence-corrected chi connectivity index (χ3v) is 2.88. The van der Waals surface area contributed by atoms with Crippen LogP contribution >= 0.6 is 0 Å². The van der Waals surface area contributed by atoms with Crippen molar-refractivity contribution >= 4 is 17.4 Å². The second kappa shape index (κ2) is 5.30. The predicted molar refractivity (Wildman–Crippen MR) is 70.1 cm³/mol. The first kappa shape index (κ1) is 14.9. The number of anilines is 1. The van der Waals surface area contributed by atoms with Crippen LogP contribution in [0.1, 0.15) is 16.2 Å². The third-order valence-electron chi connectivity index (χ3n) is 2.88. The zero-order chi connectivity index (χ0) is 16.6. The molecular weight excluding hydrogens is 318 g/mol. The number of alkyl halides is 3. The molecule has 0 fully saturated rings. The van der Waals surface area contributed by atoms with E-state index in [0.717, 1.165) is 6.07 Å². The van der Waals surface area contributed by atoms with E-state index in [9.17, 15) is 22.4 Å². The van der Waals surface area contributed by atoms with Crippen LogP contribution < -0.4 is 5.32 Å². The van der Waals surface area contributed by atoms with Crippen LogP contribution in [0.5, 0.6) is 0 Å². The van der Waals surface area contributed by atoms with E-state index in [0.29, 0.717) is 4.52 Å². The van der Waals surface area contributed by atoms with Crippen LogP contribution in [0, 0.1) is 5.82 Å². The van der Waals surface area contributed by atoms with E-state index in [-0.39, 0.29) is 17.0 Å². The molecule has 23 heavy (non-hydrogen) atoms. The normalized spacial score (nSPS) is 11.7. The summed E-state index contributed by atoms with van der Waals surface area (Å²) in [6.45, 7) is 0. The number of amides is 1. The number of benzene rings is 1. The Hall–Kier alpha value is -3.04.